The fourth-order valence-electron chi connectivity index (χ4n) is 6.43. The summed E-state index contributed by atoms with van der Waals surface area (Å²) in [4.78, 5) is 0. The van der Waals surface area contributed by atoms with Gasteiger partial charge in [0.25, 0.3) is 20.2 Å². The van der Waals surface area contributed by atoms with Crippen molar-refractivity contribution in [2.24, 2.45) is 11.8 Å². The van der Waals surface area contributed by atoms with Crippen molar-refractivity contribution in [1.29, 1.82) is 0 Å². The van der Waals surface area contributed by atoms with E-state index < -0.39 is 30.7 Å². The summed E-state index contributed by atoms with van der Waals surface area (Å²) in [6.45, 7) is 0.853. The van der Waals surface area contributed by atoms with E-state index in [2.05, 4.69) is 21.3 Å². The number of fused-ring (bicyclic) bond motifs is 1. The standard InChI is InChI=1S/C20H38N4O6S2/c25-31(26,27)16-7-4-14(5-8-16)22-19-10-11-21-20(24-19)23-15-6-9-17-13(12-15)2-1-3-18(17)32(28,29)30/h13-24H,1-12H2,(H,25,26,27)(H,28,29,30). The number of hydrogen-bond acceptors (Lipinski definition) is 8. The van der Waals surface area contributed by atoms with Crippen molar-refractivity contribution in [1.82, 2.24) is 21.3 Å². The van der Waals surface area contributed by atoms with E-state index >= 15 is 0 Å². The Morgan fingerprint density at radius 2 is 1.47 bits per heavy atom. The summed E-state index contributed by atoms with van der Waals surface area (Å²) in [6, 6.07) is 0.532. The Kier molecular flexibility index (Phi) is 7.82. The second-order valence-electron chi connectivity index (χ2n) is 10.1. The fraction of sp³-hybridized carbons (Fsp3) is 1.00. The summed E-state index contributed by atoms with van der Waals surface area (Å²) >= 11 is 0. The van der Waals surface area contributed by atoms with Crippen molar-refractivity contribution in [3.8, 4) is 0 Å². The lowest BCUT2D eigenvalue weighted by molar-refractivity contribution is 0.119. The van der Waals surface area contributed by atoms with Gasteiger partial charge in [-0.1, -0.05) is 12.8 Å². The van der Waals surface area contributed by atoms with Gasteiger partial charge in [0, 0.05) is 18.6 Å². The quantitative estimate of drug-likeness (QED) is 0.292. The van der Waals surface area contributed by atoms with Crippen LogP contribution in [-0.2, 0) is 20.2 Å². The van der Waals surface area contributed by atoms with E-state index in [4.69, 9.17) is 0 Å². The monoisotopic (exact) mass is 494 g/mol. The van der Waals surface area contributed by atoms with E-state index in [0.717, 1.165) is 57.9 Å². The van der Waals surface area contributed by atoms with E-state index in [-0.39, 0.29) is 24.4 Å². The van der Waals surface area contributed by atoms with Crippen molar-refractivity contribution in [3.63, 3.8) is 0 Å². The van der Waals surface area contributed by atoms with Gasteiger partial charge in [-0.05, 0) is 69.6 Å². The van der Waals surface area contributed by atoms with Crippen LogP contribution in [0.2, 0.25) is 0 Å². The molecule has 0 amide bonds. The van der Waals surface area contributed by atoms with Crippen LogP contribution in [0.4, 0.5) is 0 Å². The normalized spacial score (nSPS) is 41.7. The molecule has 0 aromatic carbocycles. The summed E-state index contributed by atoms with van der Waals surface area (Å²) in [5.41, 5.74) is 0. The van der Waals surface area contributed by atoms with Crippen LogP contribution in [0, 0.1) is 11.8 Å². The Morgan fingerprint density at radius 1 is 0.750 bits per heavy atom. The Morgan fingerprint density at radius 3 is 2.16 bits per heavy atom. The minimum absolute atomic E-state index is 0.0436. The summed E-state index contributed by atoms with van der Waals surface area (Å²) in [5.74, 6) is 0.397. The van der Waals surface area contributed by atoms with Crippen molar-refractivity contribution < 1.29 is 25.9 Å². The van der Waals surface area contributed by atoms with E-state index in [1.807, 2.05) is 0 Å². The molecule has 0 aromatic heterocycles. The Labute approximate surface area is 191 Å². The van der Waals surface area contributed by atoms with E-state index in [9.17, 15) is 25.9 Å². The molecular formula is C20H38N4O6S2. The lowest BCUT2D eigenvalue weighted by Crippen LogP contribution is -2.67. The predicted molar refractivity (Wildman–Crippen MR) is 121 cm³/mol. The van der Waals surface area contributed by atoms with Crippen molar-refractivity contribution in [2.45, 2.75) is 106 Å². The van der Waals surface area contributed by atoms with Crippen LogP contribution in [-0.4, -0.2) is 67.5 Å². The molecule has 6 atom stereocenters. The van der Waals surface area contributed by atoms with Crippen LogP contribution in [0.25, 0.3) is 0 Å². The largest absolute Gasteiger partial charge is 0.299 e. The summed E-state index contributed by atoms with van der Waals surface area (Å²) in [7, 11) is -7.91. The zero-order valence-corrected chi connectivity index (χ0v) is 20.1. The highest BCUT2D eigenvalue weighted by Gasteiger charge is 2.43. The lowest BCUT2D eigenvalue weighted by Gasteiger charge is -2.44. The molecule has 1 aliphatic heterocycles. The molecule has 6 N–H and O–H groups in total. The van der Waals surface area contributed by atoms with Gasteiger partial charge in [0.1, 0.15) is 6.29 Å². The molecule has 0 spiro atoms. The first-order valence-corrected chi connectivity index (χ1v) is 15.0. The number of nitrogens with one attached hydrogen (secondary N) is 4. The first-order valence-electron chi connectivity index (χ1n) is 12.0. The Hall–Kier alpha value is -0.340. The van der Waals surface area contributed by atoms with Gasteiger partial charge in [0.15, 0.2) is 0 Å². The maximum Gasteiger partial charge on any atom is 0.268 e. The van der Waals surface area contributed by atoms with Crippen LogP contribution >= 0.6 is 0 Å². The third-order valence-electron chi connectivity index (χ3n) is 8.05. The van der Waals surface area contributed by atoms with Gasteiger partial charge in [-0.2, -0.15) is 16.8 Å². The maximum atomic E-state index is 11.8. The van der Waals surface area contributed by atoms with E-state index in [1.165, 1.54) is 0 Å². The highest BCUT2D eigenvalue weighted by Crippen LogP contribution is 2.43. The van der Waals surface area contributed by atoms with Crippen LogP contribution in [0.15, 0.2) is 0 Å². The van der Waals surface area contributed by atoms with Crippen LogP contribution < -0.4 is 21.3 Å². The van der Waals surface area contributed by atoms with E-state index in [1.54, 1.807) is 0 Å². The van der Waals surface area contributed by atoms with Gasteiger partial charge in [-0.15, -0.1) is 0 Å². The molecule has 3 aliphatic carbocycles. The molecule has 4 aliphatic rings. The molecule has 32 heavy (non-hydrogen) atoms. The predicted octanol–water partition coefficient (Wildman–Crippen LogP) is 0.782. The zero-order chi connectivity index (χ0) is 22.9. The highest BCUT2D eigenvalue weighted by atomic mass is 32.2. The average molecular weight is 495 g/mol. The molecule has 6 unspecified atom stereocenters. The van der Waals surface area contributed by atoms with Crippen molar-refractivity contribution in [2.75, 3.05) is 6.54 Å². The van der Waals surface area contributed by atoms with Crippen LogP contribution in [0.1, 0.15) is 70.6 Å². The van der Waals surface area contributed by atoms with Gasteiger partial charge in [0.2, 0.25) is 0 Å². The van der Waals surface area contributed by atoms with Crippen molar-refractivity contribution >= 4 is 20.2 Å². The molecule has 0 radical (unpaired) electrons. The Balaban J connectivity index is 1.24. The van der Waals surface area contributed by atoms with Crippen LogP contribution in [0.5, 0.6) is 0 Å². The first-order chi connectivity index (χ1) is 15.1. The van der Waals surface area contributed by atoms with E-state index in [0.29, 0.717) is 31.2 Å². The average Bonchev–Trinajstić information content (AvgIpc) is 2.72. The topological polar surface area (TPSA) is 157 Å². The molecule has 1 heterocycles. The minimum Gasteiger partial charge on any atom is -0.299 e. The number of rotatable bonds is 6. The second kappa shape index (κ2) is 10.1. The number of hydrogen-bond donors (Lipinski definition) is 6. The van der Waals surface area contributed by atoms with Crippen LogP contribution in [0.3, 0.4) is 0 Å². The summed E-state index contributed by atoms with van der Waals surface area (Å²) < 4.78 is 65.1. The zero-order valence-electron chi connectivity index (χ0n) is 18.4. The summed E-state index contributed by atoms with van der Waals surface area (Å²) in [5, 5.41) is 13.0. The smallest absolute Gasteiger partial charge is 0.268 e. The molecule has 186 valence electrons. The third-order valence-corrected chi connectivity index (χ3v) is 10.7. The molecule has 4 rings (SSSR count). The first kappa shape index (κ1) is 24.8. The molecule has 0 bridgehead atoms. The van der Waals surface area contributed by atoms with Gasteiger partial charge >= 0.3 is 0 Å². The lowest BCUT2D eigenvalue weighted by atomic mass is 9.69. The van der Waals surface area contributed by atoms with Crippen molar-refractivity contribution in [3.05, 3.63) is 0 Å². The van der Waals surface area contributed by atoms with Gasteiger partial charge < -0.3 is 0 Å². The minimum atomic E-state index is -3.97. The summed E-state index contributed by atoms with van der Waals surface area (Å²) in [6.07, 6.45) is 8.51. The molecule has 4 fully saturated rings. The molecule has 0 aromatic rings. The maximum absolute atomic E-state index is 11.8. The highest BCUT2D eigenvalue weighted by molar-refractivity contribution is 7.86. The Bertz CT molecular complexity index is 846. The third kappa shape index (κ3) is 6.21. The fourth-order valence-corrected chi connectivity index (χ4v) is 8.56. The van der Waals surface area contributed by atoms with Gasteiger partial charge in [0.05, 0.1) is 16.7 Å². The molecule has 3 saturated carbocycles. The second-order valence-corrected chi connectivity index (χ2v) is 13.5. The molecular weight excluding hydrogens is 456 g/mol. The molecule has 1 saturated heterocycles. The van der Waals surface area contributed by atoms with Gasteiger partial charge in [-0.3, -0.25) is 30.4 Å². The molecule has 12 heteroatoms. The molecule has 10 nitrogen and oxygen atoms in total. The van der Waals surface area contributed by atoms with Gasteiger partial charge in [-0.25, -0.2) is 0 Å². The SMILES string of the molecule is O=S(=O)(O)C1CCC(NC2CCNC(NC3CCC4C(CCCC4S(=O)(=O)O)C3)N2)CC1.